The van der Waals surface area contributed by atoms with Gasteiger partial charge >= 0.3 is 6.03 Å². The number of carbonyl (C=O) groups excluding carboxylic acids is 1. The molecule has 0 bridgehead atoms. The third kappa shape index (κ3) is 4.46. The third-order valence-electron chi connectivity index (χ3n) is 4.30. The molecule has 6 heteroatoms. The van der Waals surface area contributed by atoms with Crippen LogP contribution in [0, 0.1) is 0 Å². The molecule has 1 heterocycles. The summed E-state index contributed by atoms with van der Waals surface area (Å²) >= 11 is 0. The van der Waals surface area contributed by atoms with Crippen LogP contribution in [0.1, 0.15) is 30.1 Å². The Bertz CT molecular complexity index is 749. The maximum Gasteiger partial charge on any atom is 0.315 e. The van der Waals surface area contributed by atoms with Crippen LogP contribution in [0.5, 0.6) is 11.5 Å². The van der Waals surface area contributed by atoms with Crippen molar-refractivity contribution in [3.05, 3.63) is 59.7 Å². The van der Waals surface area contributed by atoms with Gasteiger partial charge in [-0.2, -0.15) is 0 Å². The van der Waals surface area contributed by atoms with E-state index in [1.54, 1.807) is 0 Å². The van der Waals surface area contributed by atoms with E-state index in [1.807, 2.05) is 69.6 Å². The number of likely N-dealkylation sites (N-methyl/N-ethyl adjacent to an activating group) is 1. The number of hydrogen-bond acceptors (Lipinski definition) is 4. The highest BCUT2D eigenvalue weighted by molar-refractivity contribution is 5.75. The number of nitrogens with zero attached hydrogens (tertiary/aromatic N) is 1. The van der Waals surface area contributed by atoms with E-state index in [2.05, 4.69) is 15.5 Å². The molecule has 0 radical (unpaired) electrons. The molecule has 2 amide bonds. The lowest BCUT2D eigenvalue weighted by molar-refractivity contribution is 0.174. The van der Waals surface area contributed by atoms with Crippen molar-refractivity contribution in [1.29, 1.82) is 0 Å². The molecule has 0 spiro atoms. The second-order valence-electron chi connectivity index (χ2n) is 6.68. The largest absolute Gasteiger partial charge is 0.454 e. The van der Waals surface area contributed by atoms with Crippen LogP contribution in [0.2, 0.25) is 0 Å². The van der Waals surface area contributed by atoms with E-state index < -0.39 is 0 Å². The number of carbonyl (C=O) groups is 1. The summed E-state index contributed by atoms with van der Waals surface area (Å²) in [5.41, 5.74) is 2.04. The van der Waals surface area contributed by atoms with Crippen LogP contribution in [-0.4, -0.2) is 38.4 Å². The molecule has 2 aromatic rings. The second-order valence-corrected chi connectivity index (χ2v) is 6.68. The molecule has 0 aliphatic carbocycles. The highest BCUT2D eigenvalue weighted by Gasteiger charge is 2.19. The average molecular weight is 355 g/mol. The van der Waals surface area contributed by atoms with E-state index in [9.17, 15) is 4.79 Å². The van der Waals surface area contributed by atoms with E-state index >= 15 is 0 Å². The fourth-order valence-corrected chi connectivity index (χ4v) is 2.95. The minimum absolute atomic E-state index is 0.0878. The Morgan fingerprint density at radius 1 is 1.04 bits per heavy atom. The van der Waals surface area contributed by atoms with Crippen molar-refractivity contribution < 1.29 is 14.3 Å². The molecule has 6 nitrogen and oxygen atoms in total. The van der Waals surface area contributed by atoms with Crippen molar-refractivity contribution in [2.45, 2.75) is 19.0 Å². The van der Waals surface area contributed by atoms with Crippen LogP contribution in [-0.2, 0) is 0 Å². The summed E-state index contributed by atoms with van der Waals surface area (Å²) in [6.45, 7) is 2.90. The van der Waals surface area contributed by atoms with Crippen molar-refractivity contribution in [1.82, 2.24) is 15.5 Å². The number of benzene rings is 2. The summed E-state index contributed by atoms with van der Waals surface area (Å²) in [5.74, 6) is 1.45. The molecule has 2 aromatic carbocycles. The van der Waals surface area contributed by atoms with Crippen molar-refractivity contribution in [3.8, 4) is 11.5 Å². The van der Waals surface area contributed by atoms with Gasteiger partial charge < -0.3 is 25.0 Å². The van der Waals surface area contributed by atoms with E-state index in [-0.39, 0.29) is 24.9 Å². The lowest BCUT2D eigenvalue weighted by Gasteiger charge is -2.24. The van der Waals surface area contributed by atoms with Gasteiger partial charge in [-0.1, -0.05) is 36.4 Å². The van der Waals surface area contributed by atoms with E-state index in [0.29, 0.717) is 5.75 Å². The van der Waals surface area contributed by atoms with Crippen LogP contribution in [0.3, 0.4) is 0 Å². The summed E-state index contributed by atoms with van der Waals surface area (Å²) in [6, 6.07) is 15.2. The highest BCUT2D eigenvalue weighted by atomic mass is 16.7. The SMILES string of the molecule is CC(NC(=O)NC(CN(C)C)c1ccccc1)c1ccc2c(c1)OCO2. The molecule has 0 fully saturated rings. The Morgan fingerprint density at radius 2 is 1.77 bits per heavy atom. The molecular formula is C20H25N3O3. The molecule has 1 aliphatic rings. The van der Waals surface area contributed by atoms with Crippen LogP contribution in [0.4, 0.5) is 4.79 Å². The number of fused-ring (bicyclic) bond motifs is 1. The fraction of sp³-hybridized carbons (Fsp3) is 0.350. The summed E-state index contributed by atoms with van der Waals surface area (Å²) in [7, 11) is 3.98. The predicted molar refractivity (Wildman–Crippen MR) is 100 cm³/mol. The minimum atomic E-state index is -0.203. The van der Waals surface area contributed by atoms with Gasteiger partial charge in [0, 0.05) is 6.54 Å². The number of hydrogen-bond donors (Lipinski definition) is 2. The third-order valence-corrected chi connectivity index (χ3v) is 4.30. The molecule has 2 atom stereocenters. The quantitative estimate of drug-likeness (QED) is 0.836. The Labute approximate surface area is 154 Å². The first-order chi connectivity index (χ1) is 12.5. The summed E-state index contributed by atoms with van der Waals surface area (Å²) < 4.78 is 10.7. The number of ether oxygens (including phenoxy) is 2. The van der Waals surface area contributed by atoms with Crippen molar-refractivity contribution in [3.63, 3.8) is 0 Å². The van der Waals surface area contributed by atoms with Gasteiger partial charge in [-0.3, -0.25) is 0 Å². The molecule has 1 aliphatic heterocycles. The lowest BCUT2D eigenvalue weighted by atomic mass is 10.1. The van der Waals surface area contributed by atoms with Crippen LogP contribution in [0.15, 0.2) is 48.5 Å². The van der Waals surface area contributed by atoms with Gasteiger partial charge in [0.15, 0.2) is 11.5 Å². The predicted octanol–water partition coefficient (Wildman–Crippen LogP) is 3.08. The van der Waals surface area contributed by atoms with Gasteiger partial charge in [0.25, 0.3) is 0 Å². The minimum Gasteiger partial charge on any atom is -0.454 e. The molecule has 26 heavy (non-hydrogen) atoms. The van der Waals surface area contributed by atoms with Gasteiger partial charge in [0.05, 0.1) is 12.1 Å². The first-order valence-electron chi connectivity index (χ1n) is 8.69. The summed E-state index contributed by atoms with van der Waals surface area (Å²) in [6.07, 6.45) is 0. The molecule has 0 aromatic heterocycles. The molecule has 3 rings (SSSR count). The maximum absolute atomic E-state index is 12.5. The topological polar surface area (TPSA) is 62.8 Å². The standard InChI is InChI=1S/C20H25N3O3/c1-14(16-9-10-18-19(11-16)26-13-25-18)21-20(24)22-17(12-23(2)3)15-7-5-4-6-8-15/h4-11,14,17H,12-13H2,1-3H3,(H2,21,22,24). The maximum atomic E-state index is 12.5. The summed E-state index contributed by atoms with van der Waals surface area (Å²) in [4.78, 5) is 14.6. The van der Waals surface area contributed by atoms with E-state index in [0.717, 1.165) is 23.4 Å². The normalized spacial score (nSPS) is 14.8. The van der Waals surface area contributed by atoms with Gasteiger partial charge in [-0.05, 0) is 44.3 Å². The van der Waals surface area contributed by atoms with Crippen LogP contribution < -0.4 is 20.1 Å². The average Bonchev–Trinajstić information content (AvgIpc) is 3.09. The van der Waals surface area contributed by atoms with E-state index in [4.69, 9.17) is 9.47 Å². The zero-order valence-corrected chi connectivity index (χ0v) is 15.4. The number of nitrogens with one attached hydrogen (secondary N) is 2. The molecular weight excluding hydrogens is 330 g/mol. The summed E-state index contributed by atoms with van der Waals surface area (Å²) in [5, 5.41) is 6.07. The van der Waals surface area contributed by atoms with Crippen LogP contribution in [0.25, 0.3) is 0 Å². The fourth-order valence-electron chi connectivity index (χ4n) is 2.95. The van der Waals surface area contributed by atoms with Crippen LogP contribution >= 0.6 is 0 Å². The molecule has 0 saturated carbocycles. The zero-order valence-electron chi connectivity index (χ0n) is 15.4. The Hall–Kier alpha value is -2.73. The molecule has 0 saturated heterocycles. The number of amides is 2. The Balaban J connectivity index is 1.64. The second kappa shape index (κ2) is 8.10. The monoisotopic (exact) mass is 355 g/mol. The molecule has 138 valence electrons. The zero-order chi connectivity index (χ0) is 18.5. The highest BCUT2D eigenvalue weighted by Crippen LogP contribution is 2.34. The van der Waals surface area contributed by atoms with Gasteiger partial charge in [-0.15, -0.1) is 0 Å². The first-order valence-corrected chi connectivity index (χ1v) is 8.69. The first kappa shape index (κ1) is 18.1. The number of rotatable bonds is 6. The molecule has 2 N–H and O–H groups in total. The van der Waals surface area contributed by atoms with Gasteiger partial charge in [0.1, 0.15) is 0 Å². The van der Waals surface area contributed by atoms with Crippen molar-refractivity contribution in [2.75, 3.05) is 27.4 Å². The van der Waals surface area contributed by atoms with E-state index in [1.165, 1.54) is 0 Å². The Kier molecular flexibility index (Phi) is 5.63. The van der Waals surface area contributed by atoms with Gasteiger partial charge in [0.2, 0.25) is 6.79 Å². The Morgan fingerprint density at radius 3 is 2.50 bits per heavy atom. The molecule has 2 unspecified atom stereocenters. The lowest BCUT2D eigenvalue weighted by Crippen LogP contribution is -2.42. The smallest absolute Gasteiger partial charge is 0.315 e. The van der Waals surface area contributed by atoms with Gasteiger partial charge in [-0.25, -0.2) is 4.79 Å². The number of urea groups is 1. The van der Waals surface area contributed by atoms with Crippen molar-refractivity contribution >= 4 is 6.03 Å². The van der Waals surface area contributed by atoms with Crippen molar-refractivity contribution in [2.24, 2.45) is 0 Å².